The molecule has 0 saturated heterocycles. The molecule has 0 aliphatic carbocycles. The van der Waals surface area contributed by atoms with E-state index in [1.165, 1.54) is 15.6 Å². The summed E-state index contributed by atoms with van der Waals surface area (Å²) in [6.07, 6.45) is 3.27. The van der Waals surface area contributed by atoms with Crippen LogP contribution in [-0.4, -0.2) is 29.5 Å². The van der Waals surface area contributed by atoms with Gasteiger partial charge >= 0.3 is 0 Å². The van der Waals surface area contributed by atoms with Gasteiger partial charge in [0.25, 0.3) is 0 Å². The molecule has 0 saturated carbocycles. The van der Waals surface area contributed by atoms with E-state index >= 15 is 0 Å². The first-order valence-electron chi connectivity index (χ1n) is 6.64. The summed E-state index contributed by atoms with van der Waals surface area (Å²) in [4.78, 5) is 8.44. The lowest BCUT2D eigenvalue weighted by Crippen LogP contribution is -2.25. The first kappa shape index (κ1) is 14.6. The summed E-state index contributed by atoms with van der Waals surface area (Å²) in [5, 5.41) is 1.25. The average molecular weight is 255 g/mol. The van der Waals surface area contributed by atoms with Crippen molar-refractivity contribution in [2.24, 2.45) is 5.73 Å². The Hall–Kier alpha value is -0.450. The van der Waals surface area contributed by atoms with Crippen molar-refractivity contribution in [3.05, 3.63) is 15.6 Å². The molecule has 0 amide bonds. The van der Waals surface area contributed by atoms with Gasteiger partial charge in [-0.1, -0.05) is 27.2 Å². The second-order valence-corrected chi connectivity index (χ2v) is 5.38. The van der Waals surface area contributed by atoms with Crippen LogP contribution in [0.25, 0.3) is 0 Å². The highest BCUT2D eigenvalue weighted by Crippen LogP contribution is 2.20. The van der Waals surface area contributed by atoms with Gasteiger partial charge in [-0.3, -0.25) is 0 Å². The van der Waals surface area contributed by atoms with Gasteiger partial charge in [0.2, 0.25) is 0 Å². The normalized spacial score (nSPS) is 11.4. The Kier molecular flexibility index (Phi) is 6.70. The van der Waals surface area contributed by atoms with E-state index in [1.807, 2.05) is 0 Å². The zero-order valence-corrected chi connectivity index (χ0v) is 12.1. The van der Waals surface area contributed by atoms with Crippen molar-refractivity contribution in [3.63, 3.8) is 0 Å². The molecule has 0 aliphatic heterocycles. The van der Waals surface area contributed by atoms with Crippen molar-refractivity contribution in [3.8, 4) is 0 Å². The molecular weight excluding hydrogens is 230 g/mol. The number of rotatable bonds is 8. The maximum atomic E-state index is 5.76. The van der Waals surface area contributed by atoms with Crippen molar-refractivity contribution in [1.82, 2.24) is 9.88 Å². The lowest BCUT2D eigenvalue weighted by Gasteiger charge is -2.16. The molecule has 17 heavy (non-hydrogen) atoms. The molecule has 0 aliphatic rings. The maximum absolute atomic E-state index is 5.76. The fraction of sp³-hybridized carbons (Fsp3) is 0.769. The summed E-state index contributed by atoms with van der Waals surface area (Å²) in [6.45, 7) is 10.6. The summed E-state index contributed by atoms with van der Waals surface area (Å²) < 4.78 is 0. The standard InChI is InChI=1S/C13H25N3S/c1-4-7-11-12(10-14)17-13(15-11)8-9-16(5-2)6-3/h4-10,14H2,1-3H3. The minimum absolute atomic E-state index is 0.637. The fourth-order valence-corrected chi connectivity index (χ4v) is 2.91. The zero-order valence-electron chi connectivity index (χ0n) is 11.3. The van der Waals surface area contributed by atoms with E-state index in [1.54, 1.807) is 11.3 Å². The van der Waals surface area contributed by atoms with Crippen LogP contribution in [0.4, 0.5) is 0 Å². The van der Waals surface area contributed by atoms with Crippen LogP contribution in [0.2, 0.25) is 0 Å². The number of thiazole rings is 1. The Morgan fingerprint density at radius 2 is 1.88 bits per heavy atom. The third-order valence-electron chi connectivity index (χ3n) is 3.03. The number of hydrogen-bond acceptors (Lipinski definition) is 4. The lowest BCUT2D eigenvalue weighted by atomic mass is 10.2. The monoisotopic (exact) mass is 255 g/mol. The number of aromatic nitrogens is 1. The number of nitrogens with zero attached hydrogens (tertiary/aromatic N) is 2. The maximum Gasteiger partial charge on any atom is 0.0944 e. The highest BCUT2D eigenvalue weighted by molar-refractivity contribution is 7.11. The van der Waals surface area contributed by atoms with Crippen LogP contribution < -0.4 is 5.73 Å². The Balaban J connectivity index is 2.59. The molecule has 0 bridgehead atoms. The van der Waals surface area contributed by atoms with E-state index in [0.29, 0.717) is 6.54 Å². The van der Waals surface area contributed by atoms with Crippen molar-refractivity contribution in [1.29, 1.82) is 0 Å². The second kappa shape index (κ2) is 7.80. The minimum Gasteiger partial charge on any atom is -0.326 e. The average Bonchev–Trinajstić information content (AvgIpc) is 2.73. The van der Waals surface area contributed by atoms with E-state index in [2.05, 4.69) is 25.7 Å². The van der Waals surface area contributed by atoms with E-state index in [0.717, 1.165) is 38.9 Å². The molecule has 0 spiro atoms. The summed E-state index contributed by atoms with van der Waals surface area (Å²) in [5.74, 6) is 0. The molecular formula is C13H25N3S. The van der Waals surface area contributed by atoms with Gasteiger partial charge in [0.1, 0.15) is 0 Å². The van der Waals surface area contributed by atoms with Crippen LogP contribution in [0.1, 0.15) is 42.8 Å². The summed E-state index contributed by atoms with van der Waals surface area (Å²) in [5.41, 5.74) is 6.99. The highest BCUT2D eigenvalue weighted by Gasteiger charge is 2.10. The largest absolute Gasteiger partial charge is 0.326 e. The van der Waals surface area contributed by atoms with Gasteiger partial charge in [0, 0.05) is 24.4 Å². The van der Waals surface area contributed by atoms with Crippen molar-refractivity contribution in [2.45, 2.75) is 46.6 Å². The Morgan fingerprint density at radius 1 is 1.18 bits per heavy atom. The van der Waals surface area contributed by atoms with Crippen molar-refractivity contribution >= 4 is 11.3 Å². The first-order chi connectivity index (χ1) is 8.24. The summed E-state index contributed by atoms with van der Waals surface area (Å²) in [7, 11) is 0. The Morgan fingerprint density at radius 3 is 2.41 bits per heavy atom. The molecule has 98 valence electrons. The second-order valence-electron chi connectivity index (χ2n) is 4.21. The number of nitrogens with two attached hydrogens (primary N) is 1. The first-order valence-corrected chi connectivity index (χ1v) is 7.46. The molecule has 0 aromatic carbocycles. The third kappa shape index (κ3) is 4.37. The lowest BCUT2D eigenvalue weighted by molar-refractivity contribution is 0.308. The molecule has 0 radical (unpaired) electrons. The molecule has 0 fully saturated rings. The number of likely N-dealkylation sites (N-methyl/N-ethyl adjacent to an activating group) is 1. The minimum atomic E-state index is 0.637. The van der Waals surface area contributed by atoms with Crippen LogP contribution in [0.5, 0.6) is 0 Å². The molecule has 1 aromatic heterocycles. The third-order valence-corrected chi connectivity index (χ3v) is 4.21. The van der Waals surface area contributed by atoms with Gasteiger partial charge in [-0.15, -0.1) is 11.3 Å². The molecule has 4 heteroatoms. The van der Waals surface area contributed by atoms with Gasteiger partial charge in [0.05, 0.1) is 10.7 Å². The van der Waals surface area contributed by atoms with E-state index in [9.17, 15) is 0 Å². The molecule has 3 nitrogen and oxygen atoms in total. The summed E-state index contributed by atoms with van der Waals surface area (Å²) in [6, 6.07) is 0. The summed E-state index contributed by atoms with van der Waals surface area (Å²) >= 11 is 1.80. The molecule has 1 aromatic rings. The topological polar surface area (TPSA) is 42.2 Å². The van der Waals surface area contributed by atoms with Crippen LogP contribution >= 0.6 is 11.3 Å². The van der Waals surface area contributed by atoms with Gasteiger partial charge in [-0.25, -0.2) is 4.98 Å². The Labute approximate surface area is 109 Å². The van der Waals surface area contributed by atoms with Gasteiger partial charge in [-0.2, -0.15) is 0 Å². The fourth-order valence-electron chi connectivity index (χ4n) is 1.93. The number of hydrogen-bond donors (Lipinski definition) is 1. The van der Waals surface area contributed by atoms with E-state index < -0.39 is 0 Å². The van der Waals surface area contributed by atoms with Crippen LogP contribution in [0.15, 0.2) is 0 Å². The van der Waals surface area contributed by atoms with Crippen LogP contribution in [-0.2, 0) is 19.4 Å². The molecule has 0 unspecified atom stereocenters. The predicted molar refractivity (Wildman–Crippen MR) is 75.5 cm³/mol. The van der Waals surface area contributed by atoms with Crippen molar-refractivity contribution < 1.29 is 0 Å². The smallest absolute Gasteiger partial charge is 0.0944 e. The zero-order chi connectivity index (χ0) is 12.7. The van der Waals surface area contributed by atoms with Gasteiger partial charge in [0.15, 0.2) is 0 Å². The van der Waals surface area contributed by atoms with E-state index in [4.69, 9.17) is 10.7 Å². The van der Waals surface area contributed by atoms with E-state index in [-0.39, 0.29) is 0 Å². The molecule has 1 rings (SSSR count). The van der Waals surface area contributed by atoms with Crippen LogP contribution in [0.3, 0.4) is 0 Å². The molecule has 0 atom stereocenters. The predicted octanol–water partition coefficient (Wildman–Crippen LogP) is 2.44. The highest BCUT2D eigenvalue weighted by atomic mass is 32.1. The molecule has 1 heterocycles. The Bertz CT molecular complexity index is 318. The molecule has 2 N–H and O–H groups in total. The van der Waals surface area contributed by atoms with Gasteiger partial charge < -0.3 is 10.6 Å². The van der Waals surface area contributed by atoms with Crippen molar-refractivity contribution in [2.75, 3.05) is 19.6 Å². The SMILES string of the molecule is CCCc1nc(CCN(CC)CC)sc1CN. The van der Waals surface area contributed by atoms with Crippen LogP contribution in [0, 0.1) is 0 Å². The number of aryl methyl sites for hydroxylation is 1. The van der Waals surface area contributed by atoms with Gasteiger partial charge in [-0.05, 0) is 19.5 Å². The quantitative estimate of drug-likeness (QED) is 0.776.